The molecule has 0 unspecified atom stereocenters. The predicted octanol–water partition coefficient (Wildman–Crippen LogP) is 3.87. The highest BCUT2D eigenvalue weighted by atomic mass is 16.7. The summed E-state index contributed by atoms with van der Waals surface area (Å²) in [7, 11) is 3.37. The molecule has 2 aliphatic heterocycles. The number of fused-ring (bicyclic) bond motifs is 2. The molecule has 162 valence electrons. The minimum atomic E-state index is 0.291. The van der Waals surface area contributed by atoms with Crippen LogP contribution < -0.4 is 29.2 Å². The molecule has 0 aliphatic carbocycles. The van der Waals surface area contributed by atoms with Crippen LogP contribution in [0.3, 0.4) is 0 Å². The smallest absolute Gasteiger partial charge is 0.231 e. The molecule has 1 aromatic heterocycles. The van der Waals surface area contributed by atoms with Crippen LogP contribution in [0, 0.1) is 0 Å². The number of methoxy groups -OCH3 is 2. The van der Waals surface area contributed by atoms with E-state index < -0.39 is 0 Å². The second-order valence-corrected chi connectivity index (χ2v) is 7.82. The van der Waals surface area contributed by atoms with Gasteiger partial charge in [0.2, 0.25) is 6.79 Å². The van der Waals surface area contributed by atoms with Crippen LogP contribution in [0.1, 0.15) is 24.0 Å². The molecule has 1 N–H and O–H groups in total. The van der Waals surface area contributed by atoms with Crippen molar-refractivity contribution in [3.8, 4) is 23.0 Å². The molecule has 1 fully saturated rings. The van der Waals surface area contributed by atoms with Gasteiger partial charge in [-0.05, 0) is 48.7 Å². The van der Waals surface area contributed by atoms with Crippen LogP contribution in [0.2, 0.25) is 0 Å². The van der Waals surface area contributed by atoms with Crippen LogP contribution >= 0.6 is 0 Å². The summed E-state index contributed by atoms with van der Waals surface area (Å²) in [5.41, 5.74) is 3.14. The van der Waals surface area contributed by atoms with Crippen LogP contribution in [-0.2, 0) is 13.1 Å². The number of ether oxygens (including phenoxy) is 4. The largest absolute Gasteiger partial charge is 0.496 e. The Hall–Kier alpha value is -3.19. The number of aromatic nitrogens is 1. The summed E-state index contributed by atoms with van der Waals surface area (Å²) in [4.78, 5) is 7.42. The van der Waals surface area contributed by atoms with E-state index in [2.05, 4.69) is 22.3 Å². The van der Waals surface area contributed by atoms with E-state index >= 15 is 0 Å². The number of anilines is 1. The molecule has 0 radical (unpaired) electrons. The Kier molecular flexibility index (Phi) is 5.42. The van der Waals surface area contributed by atoms with E-state index in [4.69, 9.17) is 23.9 Å². The van der Waals surface area contributed by atoms with Gasteiger partial charge in [0.05, 0.1) is 14.2 Å². The zero-order chi connectivity index (χ0) is 21.2. The number of benzene rings is 2. The lowest BCUT2D eigenvalue weighted by molar-refractivity contribution is 0.174. The van der Waals surface area contributed by atoms with Crippen molar-refractivity contribution in [3.63, 3.8) is 0 Å². The average Bonchev–Trinajstić information content (AvgIpc) is 3.49. The quantitative estimate of drug-likeness (QED) is 0.621. The van der Waals surface area contributed by atoms with Crippen molar-refractivity contribution in [2.24, 2.45) is 0 Å². The Bertz CT molecular complexity index is 1100. The molecule has 2 aromatic carbocycles. The number of nitrogens with zero attached hydrogens (tertiary/aromatic N) is 2. The maximum absolute atomic E-state index is 5.61. The summed E-state index contributed by atoms with van der Waals surface area (Å²) in [6, 6.07) is 12.1. The third kappa shape index (κ3) is 3.81. The molecule has 0 atom stereocenters. The molecular weight excluding hydrogens is 394 g/mol. The number of hydrogen-bond donors (Lipinski definition) is 1. The molecule has 0 amide bonds. The molecule has 0 spiro atoms. The summed E-state index contributed by atoms with van der Waals surface area (Å²) < 4.78 is 22.1. The lowest BCUT2D eigenvalue weighted by atomic mass is 10.1. The molecule has 5 rings (SSSR count). The molecule has 3 heterocycles. The minimum Gasteiger partial charge on any atom is -0.496 e. The van der Waals surface area contributed by atoms with E-state index in [1.165, 1.54) is 12.8 Å². The van der Waals surface area contributed by atoms with E-state index in [9.17, 15) is 0 Å². The summed E-state index contributed by atoms with van der Waals surface area (Å²) in [6.45, 7) is 3.77. The number of rotatable bonds is 7. The van der Waals surface area contributed by atoms with Gasteiger partial charge >= 0.3 is 0 Å². The summed E-state index contributed by atoms with van der Waals surface area (Å²) in [5, 5.41) is 4.53. The molecule has 2 aliphatic rings. The van der Waals surface area contributed by atoms with Crippen molar-refractivity contribution < 1.29 is 18.9 Å². The van der Waals surface area contributed by atoms with Gasteiger partial charge in [0, 0.05) is 37.1 Å². The van der Waals surface area contributed by atoms with Gasteiger partial charge in [-0.2, -0.15) is 0 Å². The van der Waals surface area contributed by atoms with Gasteiger partial charge in [-0.15, -0.1) is 0 Å². The average molecular weight is 421 g/mol. The fourth-order valence-corrected chi connectivity index (χ4v) is 4.31. The third-order valence-electron chi connectivity index (χ3n) is 5.89. The molecular formula is C24H27N3O4. The van der Waals surface area contributed by atoms with Crippen LogP contribution in [-0.4, -0.2) is 39.1 Å². The fraction of sp³-hybridized carbons (Fsp3) is 0.375. The van der Waals surface area contributed by atoms with Gasteiger partial charge in [0.1, 0.15) is 22.8 Å². The summed E-state index contributed by atoms with van der Waals surface area (Å²) in [5.74, 6) is 4.19. The maximum atomic E-state index is 5.61. The topological polar surface area (TPSA) is 65.1 Å². The van der Waals surface area contributed by atoms with Crippen molar-refractivity contribution in [1.29, 1.82) is 0 Å². The molecule has 31 heavy (non-hydrogen) atoms. The van der Waals surface area contributed by atoms with Crippen molar-refractivity contribution in [1.82, 2.24) is 10.3 Å². The lowest BCUT2D eigenvalue weighted by Crippen LogP contribution is -2.23. The van der Waals surface area contributed by atoms with Gasteiger partial charge in [-0.25, -0.2) is 4.98 Å². The van der Waals surface area contributed by atoms with Gasteiger partial charge in [0.15, 0.2) is 11.5 Å². The summed E-state index contributed by atoms with van der Waals surface area (Å²) in [6.07, 6.45) is 2.39. The Morgan fingerprint density at radius 1 is 0.935 bits per heavy atom. The van der Waals surface area contributed by atoms with Gasteiger partial charge in [-0.1, -0.05) is 6.07 Å². The Balaban J connectivity index is 1.45. The number of pyridine rings is 1. The fourth-order valence-electron chi connectivity index (χ4n) is 4.31. The van der Waals surface area contributed by atoms with E-state index in [-0.39, 0.29) is 0 Å². The Morgan fingerprint density at radius 3 is 2.52 bits per heavy atom. The first-order valence-corrected chi connectivity index (χ1v) is 10.7. The second kappa shape index (κ2) is 8.51. The normalized spacial score (nSPS) is 15.0. The van der Waals surface area contributed by atoms with Gasteiger partial charge in [0.25, 0.3) is 0 Å². The first-order valence-electron chi connectivity index (χ1n) is 10.7. The van der Waals surface area contributed by atoms with E-state index in [1.54, 1.807) is 14.2 Å². The highest BCUT2D eigenvalue weighted by molar-refractivity contribution is 5.92. The molecule has 7 nitrogen and oxygen atoms in total. The highest BCUT2D eigenvalue weighted by Gasteiger charge is 2.21. The standard InChI is InChI=1S/C24H27N3O4/c1-28-19-7-8-21(29-2)23-18(19)12-17(24(26-23)27-9-3-4-10-27)14-25-13-16-5-6-20-22(11-16)31-15-30-20/h5-8,11-12,25H,3-4,9-10,13-15H2,1-2H3. The zero-order valence-electron chi connectivity index (χ0n) is 17.9. The van der Waals surface area contributed by atoms with Crippen molar-refractivity contribution >= 4 is 16.7 Å². The number of hydrogen-bond acceptors (Lipinski definition) is 7. The van der Waals surface area contributed by atoms with Crippen LogP contribution in [0.5, 0.6) is 23.0 Å². The Labute approximate surface area is 181 Å². The third-order valence-corrected chi connectivity index (χ3v) is 5.89. The molecule has 0 bridgehead atoms. The first kappa shape index (κ1) is 19.8. The lowest BCUT2D eigenvalue weighted by Gasteiger charge is -2.22. The zero-order valence-corrected chi connectivity index (χ0v) is 17.9. The van der Waals surface area contributed by atoms with Crippen molar-refractivity contribution in [2.45, 2.75) is 25.9 Å². The maximum Gasteiger partial charge on any atom is 0.231 e. The van der Waals surface area contributed by atoms with Crippen LogP contribution in [0.15, 0.2) is 36.4 Å². The van der Waals surface area contributed by atoms with Crippen molar-refractivity contribution in [2.75, 3.05) is 39.0 Å². The van der Waals surface area contributed by atoms with Gasteiger partial charge < -0.3 is 29.2 Å². The highest BCUT2D eigenvalue weighted by Crippen LogP contribution is 2.36. The van der Waals surface area contributed by atoms with Crippen LogP contribution in [0.4, 0.5) is 5.82 Å². The molecule has 3 aromatic rings. The second-order valence-electron chi connectivity index (χ2n) is 7.82. The number of nitrogens with one attached hydrogen (secondary N) is 1. The SMILES string of the molecule is COc1ccc(OC)c2nc(N3CCCC3)c(CNCc3ccc4c(c3)OCO4)cc12. The molecule has 1 saturated heterocycles. The van der Waals surface area contributed by atoms with Crippen LogP contribution in [0.25, 0.3) is 10.9 Å². The first-order chi connectivity index (χ1) is 15.3. The predicted molar refractivity (Wildman–Crippen MR) is 119 cm³/mol. The summed E-state index contributed by atoms with van der Waals surface area (Å²) >= 11 is 0. The van der Waals surface area contributed by atoms with E-state index in [1.807, 2.05) is 24.3 Å². The molecule has 0 saturated carbocycles. The molecule has 7 heteroatoms. The monoisotopic (exact) mass is 421 g/mol. The van der Waals surface area contributed by atoms with E-state index in [0.29, 0.717) is 13.3 Å². The van der Waals surface area contributed by atoms with Gasteiger partial charge in [-0.3, -0.25) is 0 Å². The van der Waals surface area contributed by atoms with E-state index in [0.717, 1.165) is 70.5 Å². The van der Waals surface area contributed by atoms with Crippen molar-refractivity contribution in [3.05, 3.63) is 47.5 Å². The minimum absolute atomic E-state index is 0.291. The Morgan fingerprint density at radius 2 is 1.71 bits per heavy atom.